The first kappa shape index (κ1) is 16.1. The lowest BCUT2D eigenvalue weighted by Crippen LogP contribution is -2.51. The Bertz CT molecular complexity index is 659. The number of carbonyl (C=O) groups is 2. The lowest BCUT2D eigenvalue weighted by molar-refractivity contribution is -0.140. The van der Waals surface area contributed by atoms with E-state index in [1.807, 2.05) is 6.92 Å². The molecule has 1 aromatic heterocycles. The zero-order chi connectivity index (χ0) is 17.1. The second-order valence-electron chi connectivity index (χ2n) is 8.29. The average Bonchev–Trinajstić information content (AvgIpc) is 2.85. The molecule has 4 aliphatic carbocycles. The third-order valence-electron chi connectivity index (χ3n) is 6.14. The molecule has 0 unspecified atom stereocenters. The van der Waals surface area contributed by atoms with Crippen molar-refractivity contribution in [3.05, 3.63) is 10.6 Å². The molecule has 0 aromatic carbocycles. The van der Waals surface area contributed by atoms with Crippen LogP contribution >= 0.6 is 11.3 Å². The standard InChI is InChI=1S/C18H25N3O2S/c1-10-14(15(22)21(2)3)24-17(19-10)20-16(23)18-7-11-4-12(8-18)6-13(5-11)9-18/h11-13H,4-9H2,1-3H3,(H,19,20,23). The van der Waals surface area contributed by atoms with Crippen molar-refractivity contribution in [2.75, 3.05) is 19.4 Å². The van der Waals surface area contributed by atoms with E-state index in [9.17, 15) is 9.59 Å². The third-order valence-corrected chi connectivity index (χ3v) is 7.20. The maximum absolute atomic E-state index is 13.1. The minimum absolute atomic E-state index is 0.0553. The molecule has 24 heavy (non-hydrogen) atoms. The molecular formula is C18H25N3O2S. The molecule has 130 valence electrons. The summed E-state index contributed by atoms with van der Waals surface area (Å²) in [4.78, 5) is 31.8. The Morgan fingerprint density at radius 2 is 1.67 bits per heavy atom. The Balaban J connectivity index is 1.53. The average molecular weight is 347 g/mol. The molecule has 4 aliphatic rings. The van der Waals surface area contributed by atoms with E-state index in [4.69, 9.17) is 0 Å². The van der Waals surface area contributed by atoms with Gasteiger partial charge in [-0.25, -0.2) is 4.98 Å². The smallest absolute Gasteiger partial charge is 0.265 e. The highest BCUT2D eigenvalue weighted by atomic mass is 32.1. The molecule has 0 saturated heterocycles. The van der Waals surface area contributed by atoms with Gasteiger partial charge in [0, 0.05) is 14.1 Å². The second kappa shape index (κ2) is 5.55. The van der Waals surface area contributed by atoms with E-state index in [-0.39, 0.29) is 17.2 Å². The lowest BCUT2D eigenvalue weighted by atomic mass is 9.49. The summed E-state index contributed by atoms with van der Waals surface area (Å²) in [6, 6.07) is 0. The molecule has 2 amide bonds. The first-order valence-electron chi connectivity index (χ1n) is 8.87. The zero-order valence-electron chi connectivity index (χ0n) is 14.6. The number of hydrogen-bond donors (Lipinski definition) is 1. The maximum atomic E-state index is 13.1. The molecule has 4 bridgehead atoms. The molecule has 1 aromatic rings. The molecule has 0 spiro atoms. The van der Waals surface area contributed by atoms with Crippen LogP contribution in [-0.2, 0) is 4.79 Å². The molecule has 4 fully saturated rings. The van der Waals surface area contributed by atoms with Crippen LogP contribution in [-0.4, -0.2) is 35.8 Å². The van der Waals surface area contributed by atoms with Gasteiger partial charge in [-0.2, -0.15) is 0 Å². The predicted octanol–water partition coefficient (Wildman–Crippen LogP) is 3.31. The minimum Gasteiger partial charge on any atom is -0.344 e. The van der Waals surface area contributed by atoms with Crippen molar-refractivity contribution in [3.63, 3.8) is 0 Å². The van der Waals surface area contributed by atoms with Gasteiger partial charge in [0.25, 0.3) is 5.91 Å². The molecule has 5 rings (SSSR count). The van der Waals surface area contributed by atoms with Crippen molar-refractivity contribution in [2.45, 2.75) is 45.4 Å². The number of rotatable bonds is 3. The molecular weight excluding hydrogens is 322 g/mol. The van der Waals surface area contributed by atoms with Gasteiger partial charge in [-0.15, -0.1) is 0 Å². The first-order chi connectivity index (χ1) is 11.4. The molecule has 0 atom stereocenters. The largest absolute Gasteiger partial charge is 0.344 e. The Kier molecular flexibility index (Phi) is 3.71. The highest BCUT2D eigenvalue weighted by molar-refractivity contribution is 7.17. The quantitative estimate of drug-likeness (QED) is 0.912. The van der Waals surface area contributed by atoms with Gasteiger partial charge in [0.05, 0.1) is 11.1 Å². The van der Waals surface area contributed by atoms with Crippen LogP contribution in [0.15, 0.2) is 0 Å². The third kappa shape index (κ3) is 2.55. The fourth-order valence-electron chi connectivity index (χ4n) is 5.47. The molecule has 1 heterocycles. The number of thiazole rings is 1. The van der Waals surface area contributed by atoms with Gasteiger partial charge in [0.1, 0.15) is 4.88 Å². The van der Waals surface area contributed by atoms with Crippen LogP contribution in [0.5, 0.6) is 0 Å². The Labute approximate surface area is 146 Å². The Morgan fingerprint density at radius 1 is 1.12 bits per heavy atom. The highest BCUT2D eigenvalue weighted by Crippen LogP contribution is 2.60. The second-order valence-corrected chi connectivity index (χ2v) is 9.28. The Hall–Kier alpha value is -1.43. The molecule has 5 nitrogen and oxygen atoms in total. The van der Waals surface area contributed by atoms with Crippen LogP contribution in [0.4, 0.5) is 5.13 Å². The molecule has 0 aliphatic heterocycles. The van der Waals surface area contributed by atoms with Gasteiger partial charge in [0.15, 0.2) is 5.13 Å². The van der Waals surface area contributed by atoms with Gasteiger partial charge >= 0.3 is 0 Å². The van der Waals surface area contributed by atoms with E-state index in [0.717, 1.165) is 37.0 Å². The summed E-state index contributed by atoms with van der Waals surface area (Å²) in [6.45, 7) is 1.83. The predicted molar refractivity (Wildman–Crippen MR) is 94.1 cm³/mol. The normalized spacial score (nSPS) is 33.5. The highest BCUT2D eigenvalue weighted by Gasteiger charge is 2.54. The van der Waals surface area contributed by atoms with Crippen molar-refractivity contribution in [2.24, 2.45) is 23.2 Å². The fraction of sp³-hybridized carbons (Fsp3) is 0.722. The van der Waals surface area contributed by atoms with Gasteiger partial charge in [-0.05, 0) is 63.2 Å². The van der Waals surface area contributed by atoms with Crippen LogP contribution in [0.1, 0.15) is 53.9 Å². The summed E-state index contributed by atoms with van der Waals surface area (Å²) in [5.41, 5.74) is 0.513. The van der Waals surface area contributed by atoms with E-state index < -0.39 is 0 Å². The van der Waals surface area contributed by atoms with E-state index in [1.165, 1.54) is 30.6 Å². The number of anilines is 1. The van der Waals surface area contributed by atoms with E-state index in [1.54, 1.807) is 19.0 Å². The number of nitrogens with one attached hydrogen (secondary N) is 1. The van der Waals surface area contributed by atoms with Gasteiger partial charge in [-0.1, -0.05) is 11.3 Å². The number of aromatic nitrogens is 1. The summed E-state index contributed by atoms with van der Waals surface area (Å²) in [6.07, 6.45) is 7.09. The summed E-state index contributed by atoms with van der Waals surface area (Å²) >= 11 is 1.29. The number of hydrogen-bond acceptors (Lipinski definition) is 4. The number of nitrogens with zero attached hydrogens (tertiary/aromatic N) is 2. The molecule has 4 saturated carbocycles. The van der Waals surface area contributed by atoms with Crippen LogP contribution in [0.25, 0.3) is 0 Å². The van der Waals surface area contributed by atoms with Crippen LogP contribution in [0.3, 0.4) is 0 Å². The topological polar surface area (TPSA) is 62.3 Å². The summed E-state index contributed by atoms with van der Waals surface area (Å²) in [5.74, 6) is 2.31. The minimum atomic E-state index is -0.181. The monoisotopic (exact) mass is 347 g/mol. The molecule has 6 heteroatoms. The van der Waals surface area contributed by atoms with Crippen LogP contribution < -0.4 is 5.32 Å². The van der Waals surface area contributed by atoms with E-state index in [2.05, 4.69) is 10.3 Å². The van der Waals surface area contributed by atoms with Crippen molar-refractivity contribution in [3.8, 4) is 0 Å². The number of amides is 2. The SMILES string of the molecule is Cc1nc(NC(=O)C23CC4CC(CC(C4)C2)C3)sc1C(=O)N(C)C. The summed E-state index contributed by atoms with van der Waals surface area (Å²) < 4.78 is 0. The zero-order valence-corrected chi connectivity index (χ0v) is 15.4. The van der Waals surface area contributed by atoms with Gasteiger partial charge < -0.3 is 10.2 Å². The van der Waals surface area contributed by atoms with E-state index in [0.29, 0.717) is 15.7 Å². The summed E-state index contributed by atoms with van der Waals surface area (Å²) in [5, 5.41) is 3.62. The lowest BCUT2D eigenvalue weighted by Gasteiger charge is -2.55. The van der Waals surface area contributed by atoms with E-state index >= 15 is 0 Å². The van der Waals surface area contributed by atoms with Crippen LogP contribution in [0, 0.1) is 30.1 Å². The van der Waals surface area contributed by atoms with Crippen molar-refractivity contribution < 1.29 is 9.59 Å². The first-order valence-corrected chi connectivity index (χ1v) is 9.68. The Morgan fingerprint density at radius 3 is 2.17 bits per heavy atom. The fourth-order valence-corrected chi connectivity index (χ4v) is 6.45. The van der Waals surface area contributed by atoms with Gasteiger partial charge in [-0.3, -0.25) is 9.59 Å². The number of carbonyl (C=O) groups excluding carboxylic acids is 2. The van der Waals surface area contributed by atoms with Crippen LogP contribution in [0.2, 0.25) is 0 Å². The maximum Gasteiger partial charge on any atom is 0.265 e. The van der Waals surface area contributed by atoms with Crippen molar-refractivity contribution >= 4 is 28.3 Å². The summed E-state index contributed by atoms with van der Waals surface area (Å²) in [7, 11) is 3.46. The van der Waals surface area contributed by atoms with Crippen molar-refractivity contribution in [1.29, 1.82) is 0 Å². The van der Waals surface area contributed by atoms with Gasteiger partial charge in [0.2, 0.25) is 5.91 Å². The number of aryl methyl sites for hydroxylation is 1. The van der Waals surface area contributed by atoms with Crippen molar-refractivity contribution in [1.82, 2.24) is 9.88 Å². The molecule has 1 N–H and O–H groups in total. The molecule has 0 radical (unpaired) electrons.